The number of nitrogens with two attached hydrogens (primary N) is 2. The number of aromatic amines is 1. The normalized spacial score (nSPS) is 10.7. The fourth-order valence-electron chi connectivity index (χ4n) is 1.72. The second-order valence-electron chi connectivity index (χ2n) is 3.87. The van der Waals surface area contributed by atoms with Gasteiger partial charge in [-0.05, 0) is 29.6 Å². The van der Waals surface area contributed by atoms with Crippen molar-refractivity contribution in [1.29, 1.82) is 0 Å². The smallest absolute Gasteiger partial charge is 0.181 e. The van der Waals surface area contributed by atoms with Crippen molar-refractivity contribution in [3.8, 4) is 22.1 Å². The van der Waals surface area contributed by atoms with Gasteiger partial charge in [-0.1, -0.05) is 6.07 Å². The van der Waals surface area contributed by atoms with Crippen molar-refractivity contribution in [3.63, 3.8) is 0 Å². The van der Waals surface area contributed by atoms with Crippen molar-refractivity contribution in [1.82, 2.24) is 15.2 Å². The van der Waals surface area contributed by atoms with Crippen LogP contribution >= 0.6 is 11.3 Å². The van der Waals surface area contributed by atoms with E-state index < -0.39 is 0 Å². The lowest BCUT2D eigenvalue weighted by molar-refractivity contribution is 1.10. The summed E-state index contributed by atoms with van der Waals surface area (Å²) in [5.74, 6) is 1.35. The highest BCUT2D eigenvalue weighted by Crippen LogP contribution is 2.25. The minimum Gasteiger partial charge on any atom is -0.399 e. The van der Waals surface area contributed by atoms with E-state index >= 15 is 0 Å². The molecule has 2 heterocycles. The number of H-pyrrole nitrogens is 1. The second kappa shape index (κ2) is 4.15. The first-order valence-electron chi connectivity index (χ1n) is 5.35. The van der Waals surface area contributed by atoms with Crippen LogP contribution in [0.5, 0.6) is 0 Å². The average Bonchev–Trinajstić information content (AvgIpc) is 2.99. The van der Waals surface area contributed by atoms with E-state index in [-0.39, 0.29) is 0 Å². The Hall–Kier alpha value is -2.34. The summed E-state index contributed by atoms with van der Waals surface area (Å²) in [5, 5.41) is 9.09. The molecule has 0 fully saturated rings. The van der Waals surface area contributed by atoms with Gasteiger partial charge in [-0.25, -0.2) is 4.98 Å². The van der Waals surface area contributed by atoms with Crippen molar-refractivity contribution in [2.24, 2.45) is 0 Å². The molecular formula is C12H11N5S. The molecule has 0 aliphatic rings. The molecule has 0 unspecified atom stereocenters. The van der Waals surface area contributed by atoms with Crippen molar-refractivity contribution < 1.29 is 0 Å². The van der Waals surface area contributed by atoms with Crippen LogP contribution in [0, 0.1) is 0 Å². The lowest BCUT2D eigenvalue weighted by atomic mass is 10.1. The highest BCUT2D eigenvalue weighted by molar-refractivity contribution is 7.13. The first-order chi connectivity index (χ1) is 8.72. The van der Waals surface area contributed by atoms with Gasteiger partial charge in [0.2, 0.25) is 0 Å². The van der Waals surface area contributed by atoms with Gasteiger partial charge in [-0.2, -0.15) is 5.10 Å². The molecule has 18 heavy (non-hydrogen) atoms. The maximum Gasteiger partial charge on any atom is 0.181 e. The number of nitrogens with one attached hydrogen (secondary N) is 1. The quantitative estimate of drug-likeness (QED) is 0.614. The number of hydrogen-bond acceptors (Lipinski definition) is 5. The monoisotopic (exact) mass is 257 g/mol. The molecule has 0 amide bonds. The number of hydrogen-bond donors (Lipinski definition) is 3. The van der Waals surface area contributed by atoms with Crippen LogP contribution in [-0.2, 0) is 0 Å². The zero-order valence-electron chi connectivity index (χ0n) is 9.42. The van der Waals surface area contributed by atoms with E-state index in [0.29, 0.717) is 17.2 Å². The van der Waals surface area contributed by atoms with Gasteiger partial charge < -0.3 is 11.5 Å². The first kappa shape index (κ1) is 10.8. The highest BCUT2D eigenvalue weighted by Gasteiger charge is 2.09. The van der Waals surface area contributed by atoms with Crippen LogP contribution < -0.4 is 11.5 Å². The predicted octanol–water partition coefficient (Wildman–Crippen LogP) is 2.36. The number of nitrogens with zero attached hydrogens (tertiary/aromatic N) is 2. The number of nitrogen functional groups attached to an aromatic ring is 2. The van der Waals surface area contributed by atoms with E-state index in [4.69, 9.17) is 11.5 Å². The zero-order chi connectivity index (χ0) is 12.5. The molecule has 0 atom stereocenters. The molecule has 1 aromatic carbocycles. The summed E-state index contributed by atoms with van der Waals surface area (Å²) in [7, 11) is 0. The Bertz CT molecular complexity index is 651. The van der Waals surface area contributed by atoms with E-state index in [0.717, 1.165) is 16.3 Å². The molecule has 90 valence electrons. The lowest BCUT2D eigenvalue weighted by Crippen LogP contribution is -1.92. The standard InChI is InChI=1S/C12H11N5S/c13-8-4-7(5-9(14)6-8)11-15-12(17-16-11)10-2-1-3-18-10/h1-6H,13-14H2,(H,15,16,17). The maximum atomic E-state index is 5.75. The number of rotatable bonds is 2. The van der Waals surface area contributed by atoms with Gasteiger partial charge >= 0.3 is 0 Å². The molecule has 0 saturated carbocycles. The van der Waals surface area contributed by atoms with Crippen LogP contribution in [-0.4, -0.2) is 15.2 Å². The summed E-state index contributed by atoms with van der Waals surface area (Å²) in [6.45, 7) is 0. The molecular weight excluding hydrogens is 246 g/mol. The van der Waals surface area contributed by atoms with E-state index in [2.05, 4.69) is 15.2 Å². The zero-order valence-corrected chi connectivity index (χ0v) is 10.2. The highest BCUT2D eigenvalue weighted by atomic mass is 32.1. The van der Waals surface area contributed by atoms with Crippen LogP contribution in [0.2, 0.25) is 0 Å². The average molecular weight is 257 g/mol. The van der Waals surface area contributed by atoms with Crippen LogP contribution in [0.1, 0.15) is 0 Å². The molecule has 2 aromatic heterocycles. The Labute approximate surface area is 107 Å². The Morgan fingerprint density at radius 2 is 1.89 bits per heavy atom. The van der Waals surface area contributed by atoms with Crippen molar-refractivity contribution in [3.05, 3.63) is 35.7 Å². The van der Waals surface area contributed by atoms with Crippen molar-refractivity contribution in [2.75, 3.05) is 11.5 Å². The number of anilines is 2. The third-order valence-electron chi connectivity index (χ3n) is 2.48. The van der Waals surface area contributed by atoms with Crippen molar-refractivity contribution >= 4 is 22.7 Å². The Balaban J connectivity index is 2.03. The van der Waals surface area contributed by atoms with Gasteiger partial charge in [0.15, 0.2) is 11.6 Å². The Morgan fingerprint density at radius 3 is 2.56 bits per heavy atom. The molecule has 0 saturated heterocycles. The minimum atomic E-state index is 0.595. The summed E-state index contributed by atoms with van der Waals surface area (Å²) in [6, 6.07) is 9.27. The van der Waals surface area contributed by atoms with Gasteiger partial charge in [0.25, 0.3) is 0 Å². The van der Waals surface area contributed by atoms with Crippen molar-refractivity contribution in [2.45, 2.75) is 0 Å². The lowest BCUT2D eigenvalue weighted by Gasteiger charge is -2.00. The van der Waals surface area contributed by atoms with Crippen LogP contribution in [0.15, 0.2) is 35.7 Å². The fraction of sp³-hybridized carbons (Fsp3) is 0. The largest absolute Gasteiger partial charge is 0.399 e. The summed E-state index contributed by atoms with van der Waals surface area (Å²) in [5.41, 5.74) is 13.5. The number of aromatic nitrogens is 3. The number of benzene rings is 1. The molecule has 3 rings (SSSR count). The van der Waals surface area contributed by atoms with Gasteiger partial charge in [0.05, 0.1) is 4.88 Å². The predicted molar refractivity (Wildman–Crippen MR) is 74.0 cm³/mol. The molecule has 0 radical (unpaired) electrons. The van der Waals surface area contributed by atoms with E-state index in [1.807, 2.05) is 17.5 Å². The third-order valence-corrected chi connectivity index (χ3v) is 3.35. The van der Waals surface area contributed by atoms with E-state index in [9.17, 15) is 0 Å². The molecule has 6 heteroatoms. The SMILES string of the molecule is Nc1cc(N)cc(-c2n[nH]c(-c3cccs3)n2)c1. The number of thiophene rings is 1. The molecule has 0 spiro atoms. The van der Waals surface area contributed by atoms with Crippen LogP contribution in [0.4, 0.5) is 11.4 Å². The van der Waals surface area contributed by atoms with Gasteiger partial charge in [-0.15, -0.1) is 11.3 Å². The maximum absolute atomic E-state index is 5.75. The topological polar surface area (TPSA) is 93.6 Å². The van der Waals surface area contributed by atoms with Gasteiger partial charge in [-0.3, -0.25) is 5.10 Å². The summed E-state index contributed by atoms with van der Waals surface area (Å²) in [6.07, 6.45) is 0. The van der Waals surface area contributed by atoms with Crippen LogP contribution in [0.3, 0.4) is 0 Å². The van der Waals surface area contributed by atoms with Gasteiger partial charge in [0.1, 0.15) is 0 Å². The van der Waals surface area contributed by atoms with E-state index in [1.54, 1.807) is 29.5 Å². The molecule has 3 aromatic rings. The summed E-state index contributed by atoms with van der Waals surface area (Å²) >= 11 is 1.61. The van der Waals surface area contributed by atoms with Gasteiger partial charge in [0, 0.05) is 16.9 Å². The molecule has 5 nitrogen and oxygen atoms in total. The van der Waals surface area contributed by atoms with Crippen LogP contribution in [0.25, 0.3) is 22.1 Å². The summed E-state index contributed by atoms with van der Waals surface area (Å²) < 4.78 is 0. The third kappa shape index (κ3) is 1.93. The van der Waals surface area contributed by atoms with E-state index in [1.165, 1.54) is 0 Å². The Morgan fingerprint density at radius 1 is 1.11 bits per heavy atom. The molecule has 5 N–H and O–H groups in total. The summed E-state index contributed by atoms with van der Waals surface area (Å²) in [4.78, 5) is 5.48. The molecule has 0 bridgehead atoms. The second-order valence-corrected chi connectivity index (χ2v) is 4.82. The minimum absolute atomic E-state index is 0.595. The Kier molecular flexibility index (Phi) is 2.49. The molecule has 0 aliphatic carbocycles. The first-order valence-corrected chi connectivity index (χ1v) is 6.23. The fourth-order valence-corrected chi connectivity index (χ4v) is 2.38. The molecule has 0 aliphatic heterocycles.